The zero-order valence-corrected chi connectivity index (χ0v) is 22.0. The van der Waals surface area contributed by atoms with E-state index in [-0.39, 0.29) is 23.5 Å². The monoisotopic (exact) mass is 442 g/mol. The normalized spacial score (nSPS) is 59.8. The molecule has 5 rings (SSSR count). The molecule has 0 aliphatic heterocycles. The Morgan fingerprint density at radius 2 is 1.59 bits per heavy atom. The highest BCUT2D eigenvalue weighted by atomic mass is 16.3. The van der Waals surface area contributed by atoms with Crippen molar-refractivity contribution in [3.63, 3.8) is 0 Å². The zero-order chi connectivity index (χ0) is 23.3. The topological polar surface area (TPSA) is 40.5 Å². The highest BCUT2D eigenvalue weighted by Gasteiger charge is 2.68. The van der Waals surface area contributed by atoms with Crippen LogP contribution in [0.5, 0.6) is 0 Å². The Kier molecular flexibility index (Phi) is 5.19. The number of allylic oxidation sites excluding steroid dienone is 2. The summed E-state index contributed by atoms with van der Waals surface area (Å²) in [6.45, 7) is 17.8. The largest absolute Gasteiger partial charge is 0.396 e. The number of aliphatic hydroxyl groups is 2. The molecule has 5 aliphatic rings. The second kappa shape index (κ2) is 7.09. The number of aliphatic hydroxyl groups excluding tert-OH is 2. The van der Waals surface area contributed by atoms with Crippen LogP contribution < -0.4 is 0 Å². The minimum atomic E-state index is -0.361. The van der Waals surface area contributed by atoms with Gasteiger partial charge in [0.2, 0.25) is 0 Å². The Hall–Kier alpha value is -0.340. The average molecular weight is 443 g/mol. The SMILES string of the molecule is C[C@@H]1CC[C@]2(C)CC[C@]3(C)C(=CCC4[C@@]5(C)CC[C@@H](O)[C@@](C)(CO)C5CC[C@]43C)C2[C@H]1C. The van der Waals surface area contributed by atoms with E-state index in [0.29, 0.717) is 28.1 Å². The van der Waals surface area contributed by atoms with Gasteiger partial charge in [0.1, 0.15) is 0 Å². The quantitative estimate of drug-likeness (QED) is 0.429. The lowest BCUT2D eigenvalue weighted by molar-refractivity contribution is -0.215. The third-order valence-corrected chi connectivity index (χ3v) is 13.5. The minimum Gasteiger partial charge on any atom is -0.396 e. The van der Waals surface area contributed by atoms with Gasteiger partial charge < -0.3 is 10.2 Å². The molecule has 0 radical (unpaired) electrons. The summed E-state index contributed by atoms with van der Waals surface area (Å²) in [5.74, 6) is 3.45. The number of hydrogen-bond acceptors (Lipinski definition) is 2. The van der Waals surface area contributed by atoms with E-state index < -0.39 is 0 Å². The predicted molar refractivity (Wildman–Crippen MR) is 132 cm³/mol. The van der Waals surface area contributed by atoms with Crippen molar-refractivity contribution in [1.82, 2.24) is 0 Å². The van der Waals surface area contributed by atoms with Crippen molar-refractivity contribution in [2.75, 3.05) is 6.61 Å². The molecule has 0 saturated heterocycles. The molecule has 182 valence electrons. The van der Waals surface area contributed by atoms with Crippen molar-refractivity contribution in [3.8, 4) is 0 Å². The van der Waals surface area contributed by atoms with Crippen LogP contribution in [0.15, 0.2) is 11.6 Å². The van der Waals surface area contributed by atoms with Crippen molar-refractivity contribution in [3.05, 3.63) is 11.6 Å². The Balaban J connectivity index is 1.59. The van der Waals surface area contributed by atoms with E-state index >= 15 is 0 Å². The maximum Gasteiger partial charge on any atom is 0.0618 e. The molecule has 0 aromatic heterocycles. The summed E-state index contributed by atoms with van der Waals surface area (Å²) in [6.07, 6.45) is 13.5. The van der Waals surface area contributed by atoms with E-state index in [4.69, 9.17) is 0 Å². The summed E-state index contributed by atoms with van der Waals surface area (Å²) >= 11 is 0. The van der Waals surface area contributed by atoms with Crippen LogP contribution in [0.4, 0.5) is 0 Å². The summed E-state index contributed by atoms with van der Waals surface area (Å²) in [6, 6.07) is 0. The van der Waals surface area contributed by atoms with Gasteiger partial charge in [-0.2, -0.15) is 0 Å². The van der Waals surface area contributed by atoms with Gasteiger partial charge in [0.15, 0.2) is 0 Å². The molecule has 0 aromatic rings. The number of rotatable bonds is 1. The first kappa shape index (κ1) is 23.4. The Morgan fingerprint density at radius 3 is 2.28 bits per heavy atom. The lowest BCUT2D eigenvalue weighted by Gasteiger charge is -2.71. The fraction of sp³-hybridized carbons (Fsp3) is 0.933. The molecule has 32 heavy (non-hydrogen) atoms. The highest BCUT2D eigenvalue weighted by molar-refractivity contribution is 5.33. The molecule has 11 atom stereocenters. The molecule has 4 saturated carbocycles. The van der Waals surface area contributed by atoms with Gasteiger partial charge >= 0.3 is 0 Å². The standard InChI is InChI=1S/C30H50O2/c1-19-10-13-26(3)16-17-29(6)21(25(26)20(19)2)8-9-23-27(4)14-12-24(32)28(5,18-31)22(27)11-15-30(23,29)7/h8,19-20,22-25,31-32H,9-18H2,1-7H3/t19-,20+,22?,23?,24-,25?,26-,27+,28+,29-,30-/m1/s1. The molecular formula is C30H50O2. The van der Waals surface area contributed by atoms with Crippen LogP contribution in [0.25, 0.3) is 0 Å². The maximum atomic E-state index is 10.9. The molecule has 0 spiro atoms. The van der Waals surface area contributed by atoms with E-state index in [9.17, 15) is 10.2 Å². The van der Waals surface area contributed by atoms with Crippen LogP contribution >= 0.6 is 0 Å². The summed E-state index contributed by atoms with van der Waals surface area (Å²) in [5.41, 5.74) is 2.81. The van der Waals surface area contributed by atoms with E-state index in [0.717, 1.165) is 37.0 Å². The first-order valence-electron chi connectivity index (χ1n) is 13.9. The lowest BCUT2D eigenvalue weighted by atomic mass is 9.33. The van der Waals surface area contributed by atoms with Crippen molar-refractivity contribution in [2.24, 2.45) is 56.7 Å². The van der Waals surface area contributed by atoms with Crippen molar-refractivity contribution < 1.29 is 10.2 Å². The fourth-order valence-corrected chi connectivity index (χ4v) is 10.9. The minimum absolute atomic E-state index is 0.117. The van der Waals surface area contributed by atoms with Crippen LogP contribution in [0.1, 0.15) is 106 Å². The van der Waals surface area contributed by atoms with Gasteiger partial charge in [-0.05, 0) is 109 Å². The molecule has 5 aliphatic carbocycles. The van der Waals surface area contributed by atoms with Crippen LogP contribution in [-0.2, 0) is 0 Å². The number of fused-ring (bicyclic) bond motifs is 7. The smallest absolute Gasteiger partial charge is 0.0618 e. The molecule has 0 bridgehead atoms. The average Bonchev–Trinajstić information content (AvgIpc) is 2.75. The van der Waals surface area contributed by atoms with Gasteiger partial charge in [0, 0.05) is 5.41 Å². The van der Waals surface area contributed by atoms with E-state index in [2.05, 4.69) is 54.5 Å². The first-order chi connectivity index (χ1) is 14.9. The van der Waals surface area contributed by atoms with E-state index in [1.165, 1.54) is 38.5 Å². The Bertz CT molecular complexity index is 803. The fourth-order valence-electron chi connectivity index (χ4n) is 10.9. The zero-order valence-electron chi connectivity index (χ0n) is 22.0. The van der Waals surface area contributed by atoms with Gasteiger partial charge in [-0.1, -0.05) is 60.1 Å². The number of hydrogen-bond donors (Lipinski definition) is 2. The third kappa shape index (κ3) is 2.66. The summed E-state index contributed by atoms with van der Waals surface area (Å²) < 4.78 is 0. The van der Waals surface area contributed by atoms with Gasteiger partial charge in [0.25, 0.3) is 0 Å². The van der Waals surface area contributed by atoms with Gasteiger partial charge in [0.05, 0.1) is 12.7 Å². The second-order valence-electron chi connectivity index (χ2n) is 14.5. The Morgan fingerprint density at radius 1 is 0.875 bits per heavy atom. The molecule has 4 fully saturated rings. The van der Waals surface area contributed by atoms with E-state index in [1.54, 1.807) is 0 Å². The van der Waals surface area contributed by atoms with Crippen LogP contribution in [-0.4, -0.2) is 22.9 Å². The van der Waals surface area contributed by atoms with Crippen LogP contribution in [0.2, 0.25) is 0 Å². The second-order valence-corrected chi connectivity index (χ2v) is 14.5. The van der Waals surface area contributed by atoms with E-state index in [1.807, 2.05) is 5.57 Å². The Labute approximate surface area is 197 Å². The van der Waals surface area contributed by atoms with Crippen LogP contribution in [0, 0.1) is 56.7 Å². The molecular weight excluding hydrogens is 392 g/mol. The van der Waals surface area contributed by atoms with Crippen molar-refractivity contribution in [1.29, 1.82) is 0 Å². The highest BCUT2D eigenvalue weighted by Crippen LogP contribution is 2.75. The molecule has 3 unspecified atom stereocenters. The molecule has 0 aromatic carbocycles. The summed E-state index contributed by atoms with van der Waals surface area (Å²) in [4.78, 5) is 0. The lowest BCUT2D eigenvalue weighted by Crippen LogP contribution is -2.65. The summed E-state index contributed by atoms with van der Waals surface area (Å²) in [5, 5.41) is 21.3. The maximum absolute atomic E-state index is 10.9. The van der Waals surface area contributed by atoms with Crippen molar-refractivity contribution in [2.45, 2.75) is 112 Å². The van der Waals surface area contributed by atoms with Crippen LogP contribution in [0.3, 0.4) is 0 Å². The molecule has 0 amide bonds. The predicted octanol–water partition coefficient (Wildman–Crippen LogP) is 7.00. The first-order valence-corrected chi connectivity index (χ1v) is 13.9. The summed E-state index contributed by atoms with van der Waals surface area (Å²) in [7, 11) is 0. The third-order valence-electron chi connectivity index (χ3n) is 13.5. The molecule has 2 nitrogen and oxygen atoms in total. The van der Waals surface area contributed by atoms with Crippen molar-refractivity contribution >= 4 is 0 Å². The van der Waals surface area contributed by atoms with Gasteiger partial charge in [-0.3, -0.25) is 0 Å². The van der Waals surface area contributed by atoms with Gasteiger partial charge in [-0.15, -0.1) is 0 Å². The molecule has 2 N–H and O–H groups in total. The molecule has 0 heterocycles. The van der Waals surface area contributed by atoms with Gasteiger partial charge in [-0.25, -0.2) is 0 Å². The molecule has 2 heteroatoms.